The molecule has 3 aromatic rings. The monoisotopic (exact) mass is 938 g/mol. The number of nitrogens with one attached hydrogen (secondary N) is 3. The molecular formula is C45H62N8O10S2. The molecule has 4 N–H and O–H groups in total. The molecule has 0 spiro atoms. The van der Waals surface area contributed by atoms with E-state index in [-0.39, 0.29) is 44.9 Å². The number of allylic oxidation sites excluding steroid dienone is 1. The first kappa shape index (κ1) is 47.9. The number of carbonyl (C=O) groups is 4. The SMILES string of the molecule is COc1ccc2c(O[C@@H]3C[C@H]4C(=O)N[C@]5(C(=O)O)CC5C=CCCCCC[C@H](NC(=O)O[C@H](CN5CCCN(C)S5(=O)=O)C(C)(C)C)C(=O)N4C3)cc(-c3csc(NC(C)C)n3)nc2c1. The number of aromatic nitrogens is 2. The molecule has 3 aliphatic heterocycles. The van der Waals surface area contributed by atoms with Crippen LogP contribution in [0.1, 0.15) is 86.0 Å². The van der Waals surface area contributed by atoms with Crippen LogP contribution >= 0.6 is 11.3 Å². The van der Waals surface area contributed by atoms with E-state index >= 15 is 0 Å². The Morgan fingerprint density at radius 2 is 1.86 bits per heavy atom. The normalized spacial score (nSPS) is 26.0. The lowest BCUT2D eigenvalue weighted by molar-refractivity contribution is -0.145. The van der Waals surface area contributed by atoms with E-state index in [2.05, 4.69) is 16.0 Å². The maximum Gasteiger partial charge on any atom is 0.408 e. The van der Waals surface area contributed by atoms with E-state index in [1.165, 1.54) is 31.9 Å². The van der Waals surface area contributed by atoms with Crippen LogP contribution < -0.4 is 25.4 Å². The van der Waals surface area contributed by atoms with Crippen LogP contribution in [0.25, 0.3) is 22.3 Å². The van der Waals surface area contributed by atoms with Crippen molar-refractivity contribution in [3.63, 3.8) is 0 Å². The Labute approximate surface area is 384 Å². The summed E-state index contributed by atoms with van der Waals surface area (Å²) in [5.41, 5.74) is -0.475. The van der Waals surface area contributed by atoms with Crippen molar-refractivity contribution in [1.29, 1.82) is 0 Å². The molecule has 0 radical (unpaired) electrons. The molecule has 1 unspecified atom stereocenters. The summed E-state index contributed by atoms with van der Waals surface area (Å²) < 4.78 is 47.2. The summed E-state index contributed by atoms with van der Waals surface area (Å²) in [6.45, 7) is 10.1. The van der Waals surface area contributed by atoms with Gasteiger partial charge in [-0.15, -0.1) is 11.3 Å². The Kier molecular flexibility index (Phi) is 14.3. The van der Waals surface area contributed by atoms with Crippen LogP contribution in [0.15, 0.2) is 41.8 Å². The predicted octanol–water partition coefficient (Wildman–Crippen LogP) is 5.41. The van der Waals surface area contributed by atoms with Crippen molar-refractivity contribution in [2.24, 2.45) is 11.3 Å². The molecule has 65 heavy (non-hydrogen) atoms. The number of nitrogens with zero attached hydrogens (tertiary/aromatic N) is 5. The highest BCUT2D eigenvalue weighted by Crippen LogP contribution is 2.46. The van der Waals surface area contributed by atoms with E-state index in [4.69, 9.17) is 24.2 Å². The molecule has 6 atom stereocenters. The average molecular weight is 939 g/mol. The van der Waals surface area contributed by atoms with Gasteiger partial charge in [-0.3, -0.25) is 9.59 Å². The van der Waals surface area contributed by atoms with Crippen LogP contribution in [0, 0.1) is 11.3 Å². The minimum absolute atomic E-state index is 0.0181. The van der Waals surface area contributed by atoms with Gasteiger partial charge in [-0.1, -0.05) is 45.8 Å². The summed E-state index contributed by atoms with van der Waals surface area (Å²) in [6.07, 6.45) is 5.05. The van der Waals surface area contributed by atoms with Gasteiger partial charge in [-0.05, 0) is 58.1 Å². The number of hydrogen-bond donors (Lipinski definition) is 4. The van der Waals surface area contributed by atoms with Gasteiger partial charge in [-0.25, -0.2) is 19.6 Å². The molecule has 20 heteroatoms. The number of anilines is 1. The molecule has 3 amide bonds. The highest BCUT2D eigenvalue weighted by molar-refractivity contribution is 7.86. The van der Waals surface area contributed by atoms with Gasteiger partial charge in [0, 0.05) is 66.8 Å². The summed E-state index contributed by atoms with van der Waals surface area (Å²) in [5.74, 6) is -1.75. The minimum Gasteiger partial charge on any atom is -0.497 e. The zero-order valence-corrected chi connectivity index (χ0v) is 39.8. The number of rotatable bonds is 11. The van der Waals surface area contributed by atoms with Crippen LogP contribution in [0.5, 0.6) is 11.5 Å². The largest absolute Gasteiger partial charge is 0.497 e. The lowest BCUT2D eigenvalue weighted by atomic mass is 9.89. The molecule has 354 valence electrons. The summed E-state index contributed by atoms with van der Waals surface area (Å²) in [5, 5.41) is 22.6. The molecule has 2 aromatic heterocycles. The number of thiazole rings is 1. The molecule has 4 aliphatic rings. The second kappa shape index (κ2) is 19.4. The third-order valence-electron chi connectivity index (χ3n) is 12.6. The molecule has 1 aliphatic carbocycles. The quantitative estimate of drug-likeness (QED) is 0.177. The van der Waals surface area contributed by atoms with E-state index < -0.39 is 75.2 Å². The molecule has 2 saturated heterocycles. The molecule has 5 heterocycles. The zero-order chi connectivity index (χ0) is 46.8. The van der Waals surface area contributed by atoms with Gasteiger partial charge in [0.05, 0.1) is 31.4 Å². The number of fused-ring (bicyclic) bond motifs is 3. The number of carboxylic acids is 1. The smallest absolute Gasteiger partial charge is 0.408 e. The summed E-state index contributed by atoms with van der Waals surface area (Å²) in [4.78, 5) is 67.0. The first-order valence-electron chi connectivity index (χ1n) is 22.4. The number of alkyl carbamates (subject to hydrolysis) is 1. The summed E-state index contributed by atoms with van der Waals surface area (Å²) in [7, 11) is -0.681. The van der Waals surface area contributed by atoms with Gasteiger partial charge in [0.15, 0.2) is 5.13 Å². The Bertz CT molecular complexity index is 2400. The van der Waals surface area contributed by atoms with Gasteiger partial charge < -0.3 is 40.2 Å². The molecule has 3 fully saturated rings. The Morgan fingerprint density at radius 3 is 2.58 bits per heavy atom. The van der Waals surface area contributed by atoms with Gasteiger partial charge in [0.25, 0.3) is 10.2 Å². The van der Waals surface area contributed by atoms with E-state index in [1.54, 1.807) is 25.3 Å². The van der Waals surface area contributed by atoms with Gasteiger partial charge in [0.1, 0.15) is 47.0 Å². The van der Waals surface area contributed by atoms with Crippen LogP contribution in [0.3, 0.4) is 0 Å². The first-order chi connectivity index (χ1) is 30.8. The number of methoxy groups -OCH3 is 1. The average Bonchev–Trinajstić information content (AvgIpc) is 3.51. The number of carboxylic acid groups (broad SMARTS) is 1. The molecule has 1 saturated carbocycles. The van der Waals surface area contributed by atoms with Crippen LogP contribution in [0.2, 0.25) is 0 Å². The van der Waals surface area contributed by atoms with Crippen LogP contribution in [0.4, 0.5) is 9.93 Å². The van der Waals surface area contributed by atoms with Crippen molar-refractivity contribution in [2.45, 2.75) is 122 Å². The highest BCUT2D eigenvalue weighted by atomic mass is 32.2. The van der Waals surface area contributed by atoms with E-state index in [9.17, 15) is 32.7 Å². The topological polar surface area (TPSA) is 222 Å². The highest BCUT2D eigenvalue weighted by Gasteiger charge is 2.61. The predicted molar refractivity (Wildman–Crippen MR) is 246 cm³/mol. The Balaban J connectivity index is 1.19. The lowest BCUT2D eigenvalue weighted by Crippen LogP contribution is -2.57. The van der Waals surface area contributed by atoms with Crippen LogP contribution in [-0.4, -0.2) is 137 Å². The van der Waals surface area contributed by atoms with Gasteiger partial charge in [0.2, 0.25) is 11.8 Å². The van der Waals surface area contributed by atoms with Crippen molar-refractivity contribution in [1.82, 2.24) is 34.1 Å². The molecule has 0 bridgehead atoms. The maximum absolute atomic E-state index is 14.9. The second-order valence-corrected chi connectivity index (χ2v) is 21.7. The molecular weight excluding hydrogens is 877 g/mol. The van der Waals surface area contributed by atoms with Crippen molar-refractivity contribution in [3.8, 4) is 22.9 Å². The second-order valence-electron chi connectivity index (χ2n) is 18.8. The fourth-order valence-corrected chi connectivity index (χ4v) is 10.9. The fourth-order valence-electron chi connectivity index (χ4n) is 8.62. The third-order valence-corrected chi connectivity index (χ3v) is 15.3. The van der Waals surface area contributed by atoms with E-state index in [0.29, 0.717) is 66.0 Å². The van der Waals surface area contributed by atoms with Crippen molar-refractivity contribution >= 4 is 61.5 Å². The number of aliphatic carboxylic acids is 1. The van der Waals surface area contributed by atoms with E-state index in [1.807, 2.05) is 58.2 Å². The number of benzene rings is 1. The van der Waals surface area contributed by atoms with Crippen molar-refractivity contribution in [3.05, 3.63) is 41.8 Å². The van der Waals surface area contributed by atoms with E-state index in [0.717, 1.165) is 11.6 Å². The molecule has 7 rings (SSSR count). The lowest BCUT2D eigenvalue weighted by Gasteiger charge is -2.38. The van der Waals surface area contributed by atoms with Crippen molar-refractivity contribution in [2.75, 3.05) is 45.7 Å². The van der Waals surface area contributed by atoms with Gasteiger partial charge >= 0.3 is 12.1 Å². The Morgan fingerprint density at radius 1 is 1.08 bits per heavy atom. The molecule has 18 nitrogen and oxygen atoms in total. The fraction of sp³-hybridized carbons (Fsp3) is 0.600. The zero-order valence-electron chi connectivity index (χ0n) is 38.2. The van der Waals surface area contributed by atoms with Crippen molar-refractivity contribution < 1.29 is 46.9 Å². The number of ether oxygens (including phenoxy) is 3. The molecule has 1 aromatic carbocycles. The van der Waals surface area contributed by atoms with Gasteiger partial charge in [-0.2, -0.15) is 17.0 Å². The maximum atomic E-state index is 14.9. The minimum atomic E-state index is -3.76. The first-order valence-corrected chi connectivity index (χ1v) is 24.7. The number of hydrogen-bond acceptors (Lipinski definition) is 13. The standard InChI is InChI=1S/C45H62N8O10S2/c1-27(2)46-42-48-35(26-64-42)34-22-37(31-17-16-29(61-7)20-33(31)47-34)62-30-21-36-39(54)50-45(41(56)57)23-28(45)14-11-9-8-10-12-15-32(40(55)53(36)24-30)49-43(58)63-38(44(3,4)5)25-52-19-13-18-51(6)65(52,59)60/h11,14,16-17,20,22,26-28,30,32,36,38H,8-10,12-13,15,18-19,21,23-25H2,1-7H3,(H,46,48)(H,49,58)(H,50,54)(H,56,57)/t28?,30-,32+,36+,38-,45-/m1/s1. The third kappa shape index (κ3) is 10.8. The van der Waals surface area contributed by atoms with Crippen LogP contribution in [-0.2, 0) is 29.3 Å². The number of carbonyl (C=O) groups excluding carboxylic acids is 3. The number of pyridine rings is 1. The number of amides is 3. The summed E-state index contributed by atoms with van der Waals surface area (Å²) >= 11 is 1.44. The summed E-state index contributed by atoms with van der Waals surface area (Å²) in [6, 6.07) is 5.05. The Hall–Kier alpha value is -5.05.